The van der Waals surface area contributed by atoms with Crippen molar-refractivity contribution < 1.29 is 32.2 Å². The standard InChI is InChI=1S/C28H27F3N2O4.ClH/c29-23-6-4-17(10-18(23)11-28(34)33-14-22-24(30)2-1-3-25(22)31)21-8-9-32-13-19(21)15-35-20-5-7-26-27(12-20)37-16-36-26;/h1-7,10,12,19,21,32H,8-9,11,13-16H2,(H,33,34);1H/t19-,21-;/m0./s1. The summed E-state index contributed by atoms with van der Waals surface area (Å²) in [4.78, 5) is 12.5. The molecule has 2 atom stereocenters. The fourth-order valence-corrected chi connectivity index (χ4v) is 4.79. The predicted octanol–water partition coefficient (Wildman–Crippen LogP) is 4.89. The number of hydrogen-bond acceptors (Lipinski definition) is 5. The van der Waals surface area contributed by atoms with Gasteiger partial charge in [-0.05, 0) is 60.3 Å². The topological polar surface area (TPSA) is 68.8 Å². The molecule has 0 spiro atoms. The lowest BCUT2D eigenvalue weighted by atomic mass is 9.81. The van der Waals surface area contributed by atoms with Gasteiger partial charge in [-0.1, -0.05) is 18.2 Å². The Morgan fingerprint density at radius 3 is 2.61 bits per heavy atom. The monoisotopic (exact) mass is 548 g/mol. The summed E-state index contributed by atoms with van der Waals surface area (Å²) < 4.78 is 59.1. The fraction of sp³-hybridized carbons (Fsp3) is 0.321. The molecule has 3 aromatic rings. The van der Waals surface area contributed by atoms with Gasteiger partial charge in [0.15, 0.2) is 11.5 Å². The minimum atomic E-state index is -0.742. The maximum absolute atomic E-state index is 14.6. The van der Waals surface area contributed by atoms with E-state index < -0.39 is 23.4 Å². The summed E-state index contributed by atoms with van der Waals surface area (Å²) in [5, 5.41) is 5.87. The molecule has 1 fully saturated rings. The molecule has 10 heteroatoms. The van der Waals surface area contributed by atoms with Crippen LogP contribution in [0.2, 0.25) is 0 Å². The summed E-state index contributed by atoms with van der Waals surface area (Å²) in [5.74, 6) is -0.273. The highest BCUT2D eigenvalue weighted by Crippen LogP contribution is 2.36. The second-order valence-electron chi connectivity index (χ2n) is 9.19. The van der Waals surface area contributed by atoms with Crippen LogP contribution in [0.3, 0.4) is 0 Å². The van der Waals surface area contributed by atoms with Crippen LogP contribution in [0.1, 0.15) is 29.0 Å². The first kappa shape index (κ1) is 27.6. The molecule has 6 nitrogen and oxygen atoms in total. The molecule has 0 aromatic heterocycles. The van der Waals surface area contributed by atoms with Crippen LogP contribution in [0.15, 0.2) is 54.6 Å². The molecule has 5 rings (SSSR count). The largest absolute Gasteiger partial charge is 0.493 e. The molecule has 3 aromatic carbocycles. The van der Waals surface area contributed by atoms with Crippen molar-refractivity contribution in [3.8, 4) is 17.2 Å². The van der Waals surface area contributed by atoms with Crippen molar-refractivity contribution in [3.63, 3.8) is 0 Å². The molecule has 2 N–H and O–H groups in total. The average molecular weight is 549 g/mol. The molecule has 0 aliphatic carbocycles. The Labute approximate surface area is 224 Å². The predicted molar refractivity (Wildman–Crippen MR) is 137 cm³/mol. The average Bonchev–Trinajstić information content (AvgIpc) is 3.37. The quantitative estimate of drug-likeness (QED) is 0.420. The van der Waals surface area contributed by atoms with Crippen LogP contribution in [0, 0.1) is 23.4 Å². The summed E-state index contributed by atoms with van der Waals surface area (Å²) in [6.45, 7) is 1.87. The van der Waals surface area contributed by atoms with Gasteiger partial charge in [0, 0.05) is 30.6 Å². The molecular weight excluding hydrogens is 521 g/mol. The Kier molecular flexibility index (Phi) is 9.01. The van der Waals surface area contributed by atoms with E-state index in [9.17, 15) is 18.0 Å². The van der Waals surface area contributed by atoms with E-state index in [1.54, 1.807) is 18.2 Å². The second kappa shape index (κ2) is 12.4. The van der Waals surface area contributed by atoms with Crippen molar-refractivity contribution in [2.45, 2.75) is 25.3 Å². The Bertz CT molecular complexity index is 1270. The molecule has 2 heterocycles. The lowest BCUT2D eigenvalue weighted by Crippen LogP contribution is -2.38. The number of nitrogens with one attached hydrogen (secondary N) is 2. The van der Waals surface area contributed by atoms with Gasteiger partial charge >= 0.3 is 0 Å². The molecule has 38 heavy (non-hydrogen) atoms. The number of ether oxygens (including phenoxy) is 3. The van der Waals surface area contributed by atoms with Crippen LogP contribution < -0.4 is 24.8 Å². The number of carbonyl (C=O) groups is 1. The number of hydrogen-bond donors (Lipinski definition) is 2. The highest BCUT2D eigenvalue weighted by molar-refractivity contribution is 5.85. The van der Waals surface area contributed by atoms with Crippen LogP contribution >= 0.6 is 12.4 Å². The van der Waals surface area contributed by atoms with E-state index in [0.717, 1.165) is 37.2 Å². The third-order valence-electron chi connectivity index (χ3n) is 6.79. The maximum Gasteiger partial charge on any atom is 0.231 e. The van der Waals surface area contributed by atoms with Crippen LogP contribution in [0.4, 0.5) is 13.2 Å². The summed E-state index contributed by atoms with van der Waals surface area (Å²) in [6.07, 6.45) is 0.595. The molecule has 202 valence electrons. The molecule has 0 unspecified atom stereocenters. The van der Waals surface area contributed by atoms with Gasteiger partial charge in [0.25, 0.3) is 0 Å². The molecule has 2 aliphatic heterocycles. The highest BCUT2D eigenvalue weighted by Gasteiger charge is 2.28. The number of halogens is 4. The molecule has 1 saturated heterocycles. The lowest BCUT2D eigenvalue weighted by molar-refractivity contribution is -0.120. The normalized spacial score (nSPS) is 18.0. The van der Waals surface area contributed by atoms with Crippen molar-refractivity contribution in [2.75, 3.05) is 26.5 Å². The van der Waals surface area contributed by atoms with Gasteiger partial charge in [-0.15, -0.1) is 12.4 Å². The number of carbonyl (C=O) groups excluding carboxylic acids is 1. The number of benzene rings is 3. The third-order valence-corrected chi connectivity index (χ3v) is 6.79. The van der Waals surface area contributed by atoms with Crippen LogP contribution in [0.25, 0.3) is 0 Å². The van der Waals surface area contributed by atoms with Gasteiger partial charge in [-0.2, -0.15) is 0 Å². The van der Waals surface area contributed by atoms with Gasteiger partial charge in [0.1, 0.15) is 23.2 Å². The number of fused-ring (bicyclic) bond motifs is 1. The van der Waals surface area contributed by atoms with E-state index in [0.29, 0.717) is 23.9 Å². The second-order valence-corrected chi connectivity index (χ2v) is 9.19. The van der Waals surface area contributed by atoms with E-state index in [1.165, 1.54) is 12.1 Å². The van der Waals surface area contributed by atoms with Gasteiger partial charge in [-0.3, -0.25) is 4.79 Å². The maximum atomic E-state index is 14.6. The van der Waals surface area contributed by atoms with Crippen molar-refractivity contribution in [2.24, 2.45) is 5.92 Å². The van der Waals surface area contributed by atoms with E-state index in [-0.39, 0.29) is 55.1 Å². The minimum absolute atomic E-state index is 0. The van der Waals surface area contributed by atoms with Crippen molar-refractivity contribution in [1.29, 1.82) is 0 Å². The number of rotatable bonds is 8. The SMILES string of the molecule is Cl.O=C(Cc1cc([C@@H]2CCNC[C@H]2COc2ccc3c(c2)OCO3)ccc1F)NCc1c(F)cccc1F. The zero-order chi connectivity index (χ0) is 25.8. The van der Waals surface area contributed by atoms with E-state index >= 15 is 0 Å². The first-order valence-corrected chi connectivity index (χ1v) is 12.2. The first-order chi connectivity index (χ1) is 18.0. The molecular formula is C28H28ClF3N2O4. The molecule has 0 radical (unpaired) electrons. The van der Waals surface area contributed by atoms with Crippen molar-refractivity contribution in [3.05, 3.63) is 88.7 Å². The molecule has 1 amide bonds. The first-order valence-electron chi connectivity index (χ1n) is 12.2. The lowest BCUT2D eigenvalue weighted by Gasteiger charge is -2.32. The minimum Gasteiger partial charge on any atom is -0.493 e. The molecule has 2 aliphatic rings. The summed E-state index contributed by atoms with van der Waals surface area (Å²) in [5.41, 5.74) is 0.924. The Morgan fingerprint density at radius 1 is 1.00 bits per heavy atom. The molecule has 0 bridgehead atoms. The zero-order valence-corrected chi connectivity index (χ0v) is 21.3. The number of amides is 1. The highest BCUT2D eigenvalue weighted by atomic mass is 35.5. The Hall–Kier alpha value is -3.43. The fourth-order valence-electron chi connectivity index (χ4n) is 4.79. The smallest absolute Gasteiger partial charge is 0.231 e. The Morgan fingerprint density at radius 2 is 1.79 bits per heavy atom. The third kappa shape index (κ3) is 6.34. The van der Waals surface area contributed by atoms with Gasteiger partial charge in [0.05, 0.1) is 13.0 Å². The Balaban J connectivity index is 0.00000336. The van der Waals surface area contributed by atoms with Crippen molar-refractivity contribution in [1.82, 2.24) is 10.6 Å². The summed E-state index contributed by atoms with van der Waals surface area (Å²) in [7, 11) is 0. The van der Waals surface area contributed by atoms with Crippen molar-refractivity contribution >= 4 is 18.3 Å². The van der Waals surface area contributed by atoms with E-state index in [1.807, 2.05) is 12.1 Å². The van der Waals surface area contributed by atoms with Gasteiger partial charge in [0.2, 0.25) is 12.7 Å². The van der Waals surface area contributed by atoms with E-state index in [4.69, 9.17) is 14.2 Å². The zero-order valence-electron chi connectivity index (χ0n) is 20.5. The van der Waals surface area contributed by atoms with E-state index in [2.05, 4.69) is 10.6 Å². The summed E-state index contributed by atoms with van der Waals surface area (Å²) >= 11 is 0. The van der Waals surface area contributed by atoms with Gasteiger partial charge < -0.3 is 24.8 Å². The van der Waals surface area contributed by atoms with Crippen LogP contribution in [-0.2, 0) is 17.8 Å². The summed E-state index contributed by atoms with van der Waals surface area (Å²) in [6, 6.07) is 13.8. The van der Waals surface area contributed by atoms with Gasteiger partial charge in [-0.25, -0.2) is 13.2 Å². The van der Waals surface area contributed by atoms with Crippen LogP contribution in [-0.4, -0.2) is 32.4 Å². The number of piperidine rings is 1. The van der Waals surface area contributed by atoms with Crippen LogP contribution in [0.5, 0.6) is 17.2 Å². The molecule has 0 saturated carbocycles.